The number of aryl methyl sites for hydroxylation is 1. The second-order valence-electron chi connectivity index (χ2n) is 5.25. The number of hydrogen-bond acceptors (Lipinski definition) is 2. The molecule has 2 nitrogen and oxygen atoms in total. The quantitative estimate of drug-likeness (QED) is 0.820. The normalized spacial score (nSPS) is 10.9. The van der Waals surface area contributed by atoms with E-state index in [0.717, 1.165) is 25.4 Å². The van der Waals surface area contributed by atoms with Crippen molar-refractivity contribution < 1.29 is 0 Å². The average molecular weight is 234 g/mol. The van der Waals surface area contributed by atoms with Crippen LogP contribution in [-0.4, -0.2) is 20.1 Å². The highest BCUT2D eigenvalue weighted by molar-refractivity contribution is 5.50. The van der Waals surface area contributed by atoms with Crippen LogP contribution in [0.1, 0.15) is 31.4 Å². The Hall–Kier alpha value is -1.02. The van der Waals surface area contributed by atoms with E-state index < -0.39 is 0 Å². The molecule has 0 aliphatic heterocycles. The number of nitrogens with two attached hydrogens (primary N) is 1. The highest BCUT2D eigenvalue weighted by Gasteiger charge is 2.04. The van der Waals surface area contributed by atoms with E-state index in [-0.39, 0.29) is 0 Å². The Bertz CT molecular complexity index is 345. The van der Waals surface area contributed by atoms with E-state index in [0.29, 0.717) is 0 Å². The van der Waals surface area contributed by atoms with Gasteiger partial charge in [-0.3, -0.25) is 0 Å². The summed E-state index contributed by atoms with van der Waals surface area (Å²) in [6.45, 7) is 8.55. The van der Waals surface area contributed by atoms with Gasteiger partial charge in [0.15, 0.2) is 0 Å². The molecule has 2 N–H and O–H groups in total. The fraction of sp³-hybridized carbons (Fsp3) is 0.600. The predicted molar refractivity (Wildman–Crippen MR) is 76.7 cm³/mol. The molecule has 0 spiro atoms. The van der Waals surface area contributed by atoms with E-state index in [1.165, 1.54) is 23.2 Å². The van der Waals surface area contributed by atoms with Gasteiger partial charge in [0, 0.05) is 19.3 Å². The molecule has 0 fully saturated rings. The van der Waals surface area contributed by atoms with E-state index in [1.54, 1.807) is 0 Å². The molecule has 96 valence electrons. The van der Waals surface area contributed by atoms with Crippen LogP contribution in [0.25, 0.3) is 0 Å². The Morgan fingerprint density at radius 1 is 1.29 bits per heavy atom. The van der Waals surface area contributed by atoms with Crippen molar-refractivity contribution in [2.24, 2.45) is 11.7 Å². The predicted octanol–water partition coefficient (Wildman–Crippen LogP) is 2.98. The first kappa shape index (κ1) is 14.0. The Morgan fingerprint density at radius 3 is 2.53 bits per heavy atom. The van der Waals surface area contributed by atoms with Gasteiger partial charge in [-0.05, 0) is 55.5 Å². The van der Waals surface area contributed by atoms with Crippen LogP contribution in [0.2, 0.25) is 0 Å². The lowest BCUT2D eigenvalue weighted by Gasteiger charge is -2.21. The van der Waals surface area contributed by atoms with Crippen LogP contribution >= 0.6 is 0 Å². The summed E-state index contributed by atoms with van der Waals surface area (Å²) in [6.07, 6.45) is 2.21. The summed E-state index contributed by atoms with van der Waals surface area (Å²) in [5, 5.41) is 0. The van der Waals surface area contributed by atoms with Crippen LogP contribution in [-0.2, 0) is 6.42 Å². The summed E-state index contributed by atoms with van der Waals surface area (Å²) in [7, 11) is 2.17. The first-order valence-electron chi connectivity index (χ1n) is 6.55. The number of rotatable bonds is 6. The molecular formula is C15H26N2. The lowest BCUT2D eigenvalue weighted by atomic mass is 10.0. The second kappa shape index (κ2) is 6.65. The highest BCUT2D eigenvalue weighted by atomic mass is 15.1. The molecule has 0 saturated heterocycles. The average Bonchev–Trinajstić information content (AvgIpc) is 2.28. The largest absolute Gasteiger partial charge is 0.375 e. The lowest BCUT2D eigenvalue weighted by molar-refractivity contribution is 0.585. The van der Waals surface area contributed by atoms with E-state index in [1.807, 2.05) is 0 Å². The van der Waals surface area contributed by atoms with Gasteiger partial charge in [-0.25, -0.2) is 0 Å². The number of anilines is 1. The van der Waals surface area contributed by atoms with Crippen molar-refractivity contribution in [2.45, 2.75) is 33.6 Å². The number of benzene rings is 1. The van der Waals surface area contributed by atoms with E-state index in [4.69, 9.17) is 5.73 Å². The van der Waals surface area contributed by atoms with Gasteiger partial charge in [0.25, 0.3) is 0 Å². The van der Waals surface area contributed by atoms with Crippen LogP contribution < -0.4 is 10.6 Å². The van der Waals surface area contributed by atoms with E-state index >= 15 is 0 Å². The molecule has 0 unspecified atom stereocenters. The molecule has 0 heterocycles. The molecule has 1 rings (SSSR count). The molecule has 0 aliphatic rings. The summed E-state index contributed by atoms with van der Waals surface area (Å²) in [5.74, 6) is 0.759. The van der Waals surface area contributed by atoms with Gasteiger partial charge in [-0.15, -0.1) is 0 Å². The monoisotopic (exact) mass is 234 g/mol. The Kier molecular flexibility index (Phi) is 5.49. The molecule has 0 bridgehead atoms. The van der Waals surface area contributed by atoms with Crippen LogP contribution in [0.3, 0.4) is 0 Å². The third-order valence-electron chi connectivity index (χ3n) is 3.22. The zero-order valence-electron chi connectivity index (χ0n) is 11.7. The van der Waals surface area contributed by atoms with Crippen molar-refractivity contribution >= 4 is 5.69 Å². The van der Waals surface area contributed by atoms with Crippen LogP contribution in [0.15, 0.2) is 18.2 Å². The maximum absolute atomic E-state index is 5.60. The SMILES string of the molecule is Cc1cc(N(C)CCC(C)C)ccc1CCN. The molecule has 0 radical (unpaired) electrons. The molecule has 1 aromatic rings. The molecular weight excluding hydrogens is 208 g/mol. The third-order valence-corrected chi connectivity index (χ3v) is 3.22. The number of nitrogens with zero attached hydrogens (tertiary/aromatic N) is 1. The fourth-order valence-electron chi connectivity index (χ4n) is 1.93. The Labute approximate surface area is 106 Å². The van der Waals surface area contributed by atoms with Gasteiger partial charge in [0.1, 0.15) is 0 Å². The minimum absolute atomic E-state index is 0.726. The number of hydrogen-bond donors (Lipinski definition) is 1. The third kappa shape index (κ3) is 4.39. The first-order valence-corrected chi connectivity index (χ1v) is 6.55. The zero-order valence-corrected chi connectivity index (χ0v) is 11.7. The second-order valence-corrected chi connectivity index (χ2v) is 5.25. The molecule has 0 saturated carbocycles. The molecule has 0 amide bonds. The van der Waals surface area contributed by atoms with Crippen molar-refractivity contribution in [1.82, 2.24) is 0 Å². The summed E-state index contributed by atoms with van der Waals surface area (Å²) in [4.78, 5) is 2.33. The summed E-state index contributed by atoms with van der Waals surface area (Å²) >= 11 is 0. The van der Waals surface area contributed by atoms with Crippen LogP contribution in [0, 0.1) is 12.8 Å². The Morgan fingerprint density at radius 2 is 2.00 bits per heavy atom. The molecule has 17 heavy (non-hydrogen) atoms. The zero-order chi connectivity index (χ0) is 12.8. The van der Waals surface area contributed by atoms with E-state index in [2.05, 4.69) is 50.9 Å². The smallest absolute Gasteiger partial charge is 0.0366 e. The maximum atomic E-state index is 5.60. The van der Waals surface area contributed by atoms with Gasteiger partial charge in [-0.2, -0.15) is 0 Å². The van der Waals surface area contributed by atoms with Crippen molar-refractivity contribution in [3.8, 4) is 0 Å². The molecule has 0 atom stereocenters. The molecule has 0 aliphatic carbocycles. The summed E-state index contributed by atoms with van der Waals surface area (Å²) < 4.78 is 0. The topological polar surface area (TPSA) is 29.3 Å². The molecule has 2 heteroatoms. The highest BCUT2D eigenvalue weighted by Crippen LogP contribution is 2.19. The van der Waals surface area contributed by atoms with Gasteiger partial charge in [0.2, 0.25) is 0 Å². The minimum atomic E-state index is 0.726. The molecule has 0 aromatic heterocycles. The van der Waals surface area contributed by atoms with Crippen LogP contribution in [0.4, 0.5) is 5.69 Å². The summed E-state index contributed by atoms with van der Waals surface area (Å²) in [5.41, 5.74) is 9.63. The minimum Gasteiger partial charge on any atom is -0.375 e. The standard InChI is InChI=1S/C15H26N2/c1-12(2)8-10-17(4)15-6-5-14(7-9-16)13(3)11-15/h5-6,11-12H,7-10,16H2,1-4H3. The molecule has 1 aromatic carbocycles. The maximum Gasteiger partial charge on any atom is 0.0366 e. The van der Waals surface area contributed by atoms with Gasteiger partial charge >= 0.3 is 0 Å². The Balaban J connectivity index is 2.68. The van der Waals surface area contributed by atoms with Gasteiger partial charge in [-0.1, -0.05) is 19.9 Å². The van der Waals surface area contributed by atoms with E-state index in [9.17, 15) is 0 Å². The lowest BCUT2D eigenvalue weighted by Crippen LogP contribution is -2.20. The van der Waals surface area contributed by atoms with Gasteiger partial charge < -0.3 is 10.6 Å². The van der Waals surface area contributed by atoms with Crippen molar-refractivity contribution in [3.63, 3.8) is 0 Å². The van der Waals surface area contributed by atoms with Gasteiger partial charge in [0.05, 0.1) is 0 Å². The van der Waals surface area contributed by atoms with Crippen molar-refractivity contribution in [1.29, 1.82) is 0 Å². The fourth-order valence-corrected chi connectivity index (χ4v) is 1.93. The van der Waals surface area contributed by atoms with Crippen molar-refractivity contribution in [2.75, 3.05) is 25.0 Å². The van der Waals surface area contributed by atoms with Crippen LogP contribution in [0.5, 0.6) is 0 Å². The first-order chi connectivity index (χ1) is 8.04. The van der Waals surface area contributed by atoms with Crippen molar-refractivity contribution in [3.05, 3.63) is 29.3 Å². The summed E-state index contributed by atoms with van der Waals surface area (Å²) in [6, 6.07) is 6.69.